The Balaban J connectivity index is 1.73. The maximum atomic E-state index is 4.23. The lowest BCUT2D eigenvalue weighted by Gasteiger charge is -2.11. The van der Waals surface area contributed by atoms with E-state index in [1.54, 1.807) is 18.4 Å². The topological polar surface area (TPSA) is 36.4 Å². The number of thiophene rings is 1. The van der Waals surface area contributed by atoms with E-state index >= 15 is 0 Å². The van der Waals surface area contributed by atoms with Crippen molar-refractivity contribution in [2.45, 2.75) is 13.0 Å². The van der Waals surface area contributed by atoms with Crippen LogP contribution in [0.2, 0.25) is 0 Å². The Hall–Kier alpha value is -1.33. The molecule has 3 nitrogen and oxygen atoms in total. The molecule has 2 N–H and O–H groups in total. The summed E-state index contributed by atoms with van der Waals surface area (Å²) in [5.41, 5.74) is 1.23. The first-order valence-corrected chi connectivity index (χ1v) is 8.16. The molecule has 0 unspecified atom stereocenters. The summed E-state index contributed by atoms with van der Waals surface area (Å²) in [5.74, 6) is 0.837. The first-order chi connectivity index (χ1) is 9.78. The Bertz CT molecular complexity index is 535. The molecular weight excluding hydrogens is 334 g/mol. The second-order valence-corrected chi connectivity index (χ2v) is 6.26. The van der Waals surface area contributed by atoms with Crippen LogP contribution < -0.4 is 10.6 Å². The molecule has 2 aromatic rings. The Labute approximate surface area is 132 Å². The van der Waals surface area contributed by atoms with Crippen LogP contribution in [0.5, 0.6) is 0 Å². The van der Waals surface area contributed by atoms with E-state index in [0.717, 1.165) is 29.9 Å². The third-order valence-corrected chi connectivity index (χ3v) is 4.31. The van der Waals surface area contributed by atoms with Gasteiger partial charge in [0.1, 0.15) is 0 Å². The van der Waals surface area contributed by atoms with Gasteiger partial charge in [-0.3, -0.25) is 4.99 Å². The van der Waals surface area contributed by atoms with Crippen LogP contribution in [0.4, 0.5) is 0 Å². The molecule has 1 aromatic carbocycles. The van der Waals surface area contributed by atoms with Crippen molar-refractivity contribution in [3.63, 3.8) is 0 Å². The lowest BCUT2D eigenvalue weighted by atomic mass is 10.2. The number of rotatable bonds is 5. The lowest BCUT2D eigenvalue weighted by molar-refractivity contribution is 0.799. The van der Waals surface area contributed by atoms with E-state index in [-0.39, 0.29) is 0 Å². The van der Waals surface area contributed by atoms with Gasteiger partial charge in [-0.15, -0.1) is 11.3 Å². The summed E-state index contributed by atoms with van der Waals surface area (Å²) in [7, 11) is 1.79. The number of nitrogens with zero attached hydrogens (tertiary/aromatic N) is 1. The van der Waals surface area contributed by atoms with Gasteiger partial charge in [0.25, 0.3) is 0 Å². The molecule has 0 bridgehead atoms. The van der Waals surface area contributed by atoms with Crippen molar-refractivity contribution < 1.29 is 0 Å². The molecule has 20 heavy (non-hydrogen) atoms. The molecule has 0 aliphatic carbocycles. The molecule has 106 valence electrons. The maximum Gasteiger partial charge on any atom is 0.191 e. The molecule has 0 fully saturated rings. The minimum atomic E-state index is 0.770. The zero-order valence-electron chi connectivity index (χ0n) is 11.4. The van der Waals surface area contributed by atoms with Gasteiger partial charge in [-0.25, -0.2) is 0 Å². The average molecular weight is 352 g/mol. The van der Waals surface area contributed by atoms with Crippen molar-refractivity contribution in [1.82, 2.24) is 10.6 Å². The molecule has 0 aliphatic heterocycles. The van der Waals surface area contributed by atoms with Crippen LogP contribution in [-0.4, -0.2) is 19.6 Å². The van der Waals surface area contributed by atoms with Crippen LogP contribution in [0.15, 0.2) is 51.2 Å². The van der Waals surface area contributed by atoms with Crippen molar-refractivity contribution in [3.8, 4) is 0 Å². The van der Waals surface area contributed by atoms with E-state index in [9.17, 15) is 0 Å². The van der Waals surface area contributed by atoms with Gasteiger partial charge >= 0.3 is 0 Å². The standard InChI is InChI=1S/C15H18BrN3S/c1-17-15(18-9-8-14-3-2-10-20-14)19-11-12-4-6-13(16)7-5-12/h2-7,10H,8-9,11H2,1H3,(H2,17,18,19). The third-order valence-electron chi connectivity index (χ3n) is 2.84. The van der Waals surface area contributed by atoms with Crippen LogP contribution in [0.25, 0.3) is 0 Å². The fourth-order valence-electron chi connectivity index (χ4n) is 1.77. The highest BCUT2D eigenvalue weighted by molar-refractivity contribution is 9.10. The average Bonchev–Trinajstić information content (AvgIpc) is 2.97. The van der Waals surface area contributed by atoms with Gasteiger partial charge in [0.2, 0.25) is 0 Å². The fraction of sp³-hybridized carbons (Fsp3) is 0.267. The highest BCUT2D eigenvalue weighted by Crippen LogP contribution is 2.10. The number of hydrogen-bond donors (Lipinski definition) is 2. The van der Waals surface area contributed by atoms with E-state index in [1.807, 2.05) is 12.1 Å². The fourth-order valence-corrected chi connectivity index (χ4v) is 2.74. The summed E-state index contributed by atoms with van der Waals surface area (Å²) < 4.78 is 1.10. The van der Waals surface area contributed by atoms with E-state index in [1.165, 1.54) is 10.4 Å². The second-order valence-electron chi connectivity index (χ2n) is 4.31. The highest BCUT2D eigenvalue weighted by Gasteiger charge is 1.99. The number of benzene rings is 1. The zero-order valence-corrected chi connectivity index (χ0v) is 13.8. The smallest absolute Gasteiger partial charge is 0.191 e. The van der Waals surface area contributed by atoms with Gasteiger partial charge in [-0.05, 0) is 35.6 Å². The molecule has 0 radical (unpaired) electrons. The summed E-state index contributed by atoms with van der Waals surface area (Å²) in [6, 6.07) is 12.5. The molecule has 1 aromatic heterocycles. The van der Waals surface area contributed by atoms with Gasteiger partial charge in [0.15, 0.2) is 5.96 Å². The van der Waals surface area contributed by atoms with Crippen LogP contribution in [0.1, 0.15) is 10.4 Å². The predicted octanol–water partition coefficient (Wildman–Crippen LogP) is 3.42. The van der Waals surface area contributed by atoms with E-state index < -0.39 is 0 Å². The molecule has 0 spiro atoms. The molecule has 5 heteroatoms. The molecular formula is C15H18BrN3S. The van der Waals surface area contributed by atoms with Gasteiger partial charge < -0.3 is 10.6 Å². The monoisotopic (exact) mass is 351 g/mol. The van der Waals surface area contributed by atoms with E-state index in [2.05, 4.69) is 61.2 Å². The number of nitrogens with one attached hydrogen (secondary N) is 2. The number of guanidine groups is 1. The van der Waals surface area contributed by atoms with Crippen LogP contribution >= 0.6 is 27.3 Å². The largest absolute Gasteiger partial charge is 0.356 e. The van der Waals surface area contributed by atoms with Crippen molar-refractivity contribution in [1.29, 1.82) is 0 Å². The molecule has 0 atom stereocenters. The van der Waals surface area contributed by atoms with Crippen LogP contribution in [0, 0.1) is 0 Å². The quantitative estimate of drug-likeness (QED) is 0.639. The molecule has 2 rings (SSSR count). The van der Waals surface area contributed by atoms with Crippen molar-refractivity contribution >= 4 is 33.2 Å². The second kappa shape index (κ2) is 8.07. The van der Waals surface area contributed by atoms with Crippen LogP contribution in [-0.2, 0) is 13.0 Å². The number of hydrogen-bond acceptors (Lipinski definition) is 2. The van der Waals surface area contributed by atoms with Crippen LogP contribution in [0.3, 0.4) is 0 Å². The SMILES string of the molecule is CN=C(NCCc1cccs1)NCc1ccc(Br)cc1. The van der Waals surface area contributed by atoms with E-state index in [4.69, 9.17) is 0 Å². The Morgan fingerprint density at radius 2 is 2.00 bits per heavy atom. The van der Waals surface area contributed by atoms with Crippen molar-refractivity contribution in [2.24, 2.45) is 4.99 Å². The summed E-state index contributed by atoms with van der Waals surface area (Å²) in [5, 5.41) is 8.74. The minimum Gasteiger partial charge on any atom is -0.356 e. The Morgan fingerprint density at radius 1 is 1.20 bits per heavy atom. The minimum absolute atomic E-state index is 0.770. The zero-order chi connectivity index (χ0) is 14.2. The molecule has 1 heterocycles. The molecule has 0 amide bonds. The normalized spacial score (nSPS) is 11.4. The highest BCUT2D eigenvalue weighted by atomic mass is 79.9. The first-order valence-electron chi connectivity index (χ1n) is 6.49. The number of halogens is 1. The Kier molecular flexibility index (Phi) is 6.08. The van der Waals surface area contributed by atoms with Crippen molar-refractivity contribution in [2.75, 3.05) is 13.6 Å². The summed E-state index contributed by atoms with van der Waals surface area (Å²) in [6.07, 6.45) is 1.02. The first kappa shape index (κ1) is 15.1. The lowest BCUT2D eigenvalue weighted by Crippen LogP contribution is -2.37. The summed E-state index contributed by atoms with van der Waals surface area (Å²) in [4.78, 5) is 5.62. The predicted molar refractivity (Wildman–Crippen MR) is 90.4 cm³/mol. The van der Waals surface area contributed by atoms with Gasteiger partial charge in [0.05, 0.1) is 0 Å². The summed E-state index contributed by atoms with van der Waals surface area (Å²) >= 11 is 5.23. The third kappa shape index (κ3) is 4.98. The molecule has 0 saturated heterocycles. The van der Waals surface area contributed by atoms with Crippen molar-refractivity contribution in [3.05, 3.63) is 56.7 Å². The van der Waals surface area contributed by atoms with E-state index in [0.29, 0.717) is 0 Å². The number of aliphatic imine (C=N–C) groups is 1. The van der Waals surface area contributed by atoms with Gasteiger partial charge in [-0.2, -0.15) is 0 Å². The molecule has 0 saturated carbocycles. The van der Waals surface area contributed by atoms with Gasteiger partial charge in [0, 0.05) is 29.5 Å². The molecule has 0 aliphatic rings. The summed E-state index contributed by atoms with van der Waals surface area (Å²) in [6.45, 7) is 1.66. The Morgan fingerprint density at radius 3 is 2.65 bits per heavy atom. The maximum absolute atomic E-state index is 4.23. The van der Waals surface area contributed by atoms with Gasteiger partial charge in [-0.1, -0.05) is 34.1 Å².